The predicted molar refractivity (Wildman–Crippen MR) is 65.3 cm³/mol. The highest BCUT2D eigenvalue weighted by Gasteiger charge is 2.07. The minimum absolute atomic E-state index is 0.0614. The SMILES string of the molecule is COc1ccnc(CC(=O)c2ccccc2)c1. The molecule has 0 fully saturated rings. The van der Waals surface area contributed by atoms with Gasteiger partial charge in [-0.2, -0.15) is 0 Å². The van der Waals surface area contributed by atoms with Crippen LogP contribution >= 0.6 is 0 Å². The van der Waals surface area contributed by atoms with E-state index < -0.39 is 0 Å². The van der Waals surface area contributed by atoms with Gasteiger partial charge in [0.15, 0.2) is 5.78 Å². The smallest absolute Gasteiger partial charge is 0.168 e. The van der Waals surface area contributed by atoms with Crippen LogP contribution in [0.4, 0.5) is 0 Å². The summed E-state index contributed by atoms with van der Waals surface area (Å²) in [6.45, 7) is 0. The number of carbonyl (C=O) groups excluding carboxylic acids is 1. The van der Waals surface area contributed by atoms with E-state index in [2.05, 4.69) is 4.98 Å². The molecule has 1 aromatic carbocycles. The fourth-order valence-electron chi connectivity index (χ4n) is 1.57. The van der Waals surface area contributed by atoms with Gasteiger partial charge < -0.3 is 4.74 Å². The summed E-state index contributed by atoms with van der Waals surface area (Å²) in [6.07, 6.45) is 1.94. The number of ketones is 1. The van der Waals surface area contributed by atoms with Crippen molar-refractivity contribution in [2.75, 3.05) is 7.11 Å². The Hall–Kier alpha value is -2.16. The summed E-state index contributed by atoms with van der Waals surface area (Å²) in [5.74, 6) is 0.780. The van der Waals surface area contributed by atoms with Crippen molar-refractivity contribution in [2.45, 2.75) is 6.42 Å². The van der Waals surface area contributed by atoms with Gasteiger partial charge in [0, 0.05) is 17.8 Å². The zero-order valence-corrected chi connectivity index (χ0v) is 9.59. The number of pyridine rings is 1. The lowest BCUT2D eigenvalue weighted by atomic mass is 10.1. The van der Waals surface area contributed by atoms with Gasteiger partial charge in [-0.15, -0.1) is 0 Å². The number of benzene rings is 1. The summed E-state index contributed by atoms with van der Waals surface area (Å²) >= 11 is 0. The van der Waals surface area contributed by atoms with Crippen LogP contribution < -0.4 is 4.74 Å². The van der Waals surface area contributed by atoms with Crippen LogP contribution in [-0.2, 0) is 6.42 Å². The van der Waals surface area contributed by atoms with Gasteiger partial charge in [-0.05, 0) is 6.07 Å². The molecule has 0 unspecified atom stereocenters. The number of rotatable bonds is 4. The van der Waals surface area contributed by atoms with Gasteiger partial charge in [-0.1, -0.05) is 30.3 Å². The van der Waals surface area contributed by atoms with Crippen LogP contribution in [0.3, 0.4) is 0 Å². The Morgan fingerprint density at radius 2 is 2.00 bits per heavy atom. The molecule has 0 N–H and O–H groups in total. The summed E-state index contributed by atoms with van der Waals surface area (Å²) in [6, 6.07) is 12.8. The first-order valence-electron chi connectivity index (χ1n) is 5.37. The average molecular weight is 227 g/mol. The summed E-state index contributed by atoms with van der Waals surface area (Å²) in [5, 5.41) is 0. The molecule has 0 saturated carbocycles. The van der Waals surface area contributed by atoms with Crippen LogP contribution in [0, 0.1) is 0 Å². The van der Waals surface area contributed by atoms with E-state index >= 15 is 0 Å². The van der Waals surface area contributed by atoms with Crippen LogP contribution in [0.5, 0.6) is 5.75 Å². The highest BCUT2D eigenvalue weighted by molar-refractivity contribution is 5.97. The second-order valence-corrected chi connectivity index (χ2v) is 3.65. The number of hydrogen-bond acceptors (Lipinski definition) is 3. The molecule has 0 spiro atoms. The Kier molecular flexibility index (Phi) is 3.50. The van der Waals surface area contributed by atoms with Crippen LogP contribution in [0.1, 0.15) is 16.1 Å². The molecule has 0 saturated heterocycles. The van der Waals surface area contributed by atoms with E-state index in [0.29, 0.717) is 12.0 Å². The van der Waals surface area contributed by atoms with Crippen molar-refractivity contribution in [1.29, 1.82) is 0 Å². The second kappa shape index (κ2) is 5.25. The Morgan fingerprint density at radius 1 is 1.24 bits per heavy atom. The maximum absolute atomic E-state index is 11.9. The minimum Gasteiger partial charge on any atom is -0.497 e. The van der Waals surface area contributed by atoms with E-state index in [1.807, 2.05) is 30.3 Å². The van der Waals surface area contributed by atoms with Crippen molar-refractivity contribution < 1.29 is 9.53 Å². The van der Waals surface area contributed by atoms with Crippen molar-refractivity contribution >= 4 is 5.78 Å². The van der Waals surface area contributed by atoms with Gasteiger partial charge >= 0.3 is 0 Å². The Labute approximate surface area is 100 Å². The maximum Gasteiger partial charge on any atom is 0.168 e. The molecular weight excluding hydrogens is 214 g/mol. The Bertz CT molecular complexity index is 509. The normalized spacial score (nSPS) is 9.94. The van der Waals surface area contributed by atoms with Crippen molar-refractivity contribution in [1.82, 2.24) is 4.98 Å². The Morgan fingerprint density at radius 3 is 2.71 bits per heavy atom. The van der Waals surface area contributed by atoms with Gasteiger partial charge in [0.2, 0.25) is 0 Å². The molecule has 0 aliphatic rings. The number of hydrogen-bond donors (Lipinski definition) is 0. The molecule has 0 bridgehead atoms. The number of methoxy groups -OCH3 is 1. The van der Waals surface area contributed by atoms with E-state index in [0.717, 1.165) is 11.4 Å². The summed E-state index contributed by atoms with van der Waals surface area (Å²) in [5.41, 5.74) is 1.43. The molecule has 1 aromatic heterocycles. The van der Waals surface area contributed by atoms with Gasteiger partial charge in [0.25, 0.3) is 0 Å². The zero-order chi connectivity index (χ0) is 12.1. The fraction of sp³-hybridized carbons (Fsp3) is 0.143. The quantitative estimate of drug-likeness (QED) is 0.753. The third-order valence-corrected chi connectivity index (χ3v) is 2.46. The van der Waals surface area contributed by atoms with Gasteiger partial charge in [0.1, 0.15) is 5.75 Å². The third-order valence-electron chi connectivity index (χ3n) is 2.46. The van der Waals surface area contributed by atoms with E-state index in [-0.39, 0.29) is 5.78 Å². The highest BCUT2D eigenvalue weighted by atomic mass is 16.5. The number of ether oxygens (including phenoxy) is 1. The Balaban J connectivity index is 2.13. The molecule has 2 aromatic rings. The molecule has 2 rings (SSSR count). The van der Waals surface area contributed by atoms with Gasteiger partial charge in [-0.25, -0.2) is 0 Å². The maximum atomic E-state index is 11.9. The monoisotopic (exact) mass is 227 g/mol. The molecule has 0 aliphatic heterocycles. The van der Waals surface area contributed by atoms with Crippen LogP contribution in [0.15, 0.2) is 48.7 Å². The predicted octanol–water partition coefficient (Wildman–Crippen LogP) is 2.52. The fourth-order valence-corrected chi connectivity index (χ4v) is 1.57. The zero-order valence-electron chi connectivity index (χ0n) is 9.59. The highest BCUT2D eigenvalue weighted by Crippen LogP contribution is 2.12. The lowest BCUT2D eigenvalue weighted by Gasteiger charge is -2.03. The second-order valence-electron chi connectivity index (χ2n) is 3.65. The van der Waals surface area contributed by atoms with E-state index in [1.165, 1.54) is 0 Å². The lowest BCUT2D eigenvalue weighted by molar-refractivity contribution is 0.0992. The van der Waals surface area contributed by atoms with E-state index in [1.54, 1.807) is 25.4 Å². The summed E-state index contributed by atoms with van der Waals surface area (Å²) in [7, 11) is 1.60. The molecule has 3 nitrogen and oxygen atoms in total. The summed E-state index contributed by atoms with van der Waals surface area (Å²) < 4.78 is 5.09. The van der Waals surface area contributed by atoms with Gasteiger partial charge in [-0.3, -0.25) is 9.78 Å². The number of Topliss-reactive ketones (excluding diaryl/α,β-unsaturated/α-hetero) is 1. The van der Waals surface area contributed by atoms with Crippen LogP contribution in [-0.4, -0.2) is 17.9 Å². The van der Waals surface area contributed by atoms with Gasteiger partial charge in [0.05, 0.1) is 19.2 Å². The lowest BCUT2D eigenvalue weighted by Crippen LogP contribution is -2.04. The number of carbonyl (C=O) groups is 1. The molecule has 0 atom stereocenters. The first kappa shape index (κ1) is 11.3. The molecule has 3 heteroatoms. The molecule has 0 aliphatic carbocycles. The average Bonchev–Trinajstić information content (AvgIpc) is 2.40. The molecule has 0 radical (unpaired) electrons. The van der Waals surface area contributed by atoms with Crippen LogP contribution in [0.25, 0.3) is 0 Å². The molecule has 17 heavy (non-hydrogen) atoms. The van der Waals surface area contributed by atoms with Crippen molar-refractivity contribution in [3.63, 3.8) is 0 Å². The van der Waals surface area contributed by atoms with Crippen molar-refractivity contribution in [3.05, 3.63) is 59.9 Å². The van der Waals surface area contributed by atoms with Crippen molar-refractivity contribution in [3.8, 4) is 5.75 Å². The largest absolute Gasteiger partial charge is 0.497 e. The van der Waals surface area contributed by atoms with Crippen molar-refractivity contribution in [2.24, 2.45) is 0 Å². The number of nitrogens with zero attached hydrogens (tertiary/aromatic N) is 1. The van der Waals surface area contributed by atoms with E-state index in [4.69, 9.17) is 4.74 Å². The molecule has 0 amide bonds. The number of aromatic nitrogens is 1. The third kappa shape index (κ3) is 2.91. The standard InChI is InChI=1S/C14H13NO2/c1-17-13-7-8-15-12(9-13)10-14(16)11-5-3-2-4-6-11/h2-9H,10H2,1H3. The molecule has 1 heterocycles. The van der Waals surface area contributed by atoms with Crippen LogP contribution in [0.2, 0.25) is 0 Å². The summed E-state index contributed by atoms with van der Waals surface area (Å²) in [4.78, 5) is 16.1. The van der Waals surface area contributed by atoms with E-state index in [9.17, 15) is 4.79 Å². The first-order valence-corrected chi connectivity index (χ1v) is 5.37. The topological polar surface area (TPSA) is 39.2 Å². The molecule has 86 valence electrons. The molecular formula is C14H13NO2. The first-order chi connectivity index (χ1) is 8.29. The minimum atomic E-state index is 0.0614.